The maximum atomic E-state index is 9.55. The fraction of sp³-hybridized carbons (Fsp3) is 0.385. The van der Waals surface area contributed by atoms with Crippen LogP contribution in [0.5, 0.6) is 5.75 Å². The van der Waals surface area contributed by atoms with Crippen molar-refractivity contribution in [2.75, 3.05) is 24.5 Å². The number of hydrogen-bond donors (Lipinski definition) is 3. The minimum atomic E-state index is 0.151. The molecule has 0 saturated carbocycles. The van der Waals surface area contributed by atoms with Gasteiger partial charge in [0.2, 0.25) is 5.95 Å². The van der Waals surface area contributed by atoms with Crippen molar-refractivity contribution in [3.8, 4) is 17.1 Å². The highest BCUT2D eigenvalue weighted by Crippen LogP contribution is 2.29. The third kappa shape index (κ3) is 2.57. The summed E-state index contributed by atoms with van der Waals surface area (Å²) in [6.45, 7) is 4.78. The van der Waals surface area contributed by atoms with Gasteiger partial charge in [-0.3, -0.25) is 5.10 Å². The molecule has 6 nitrogen and oxygen atoms in total. The number of rotatable bonds is 2. The van der Waals surface area contributed by atoms with Gasteiger partial charge in [-0.25, -0.2) is 0 Å². The van der Waals surface area contributed by atoms with E-state index in [1.54, 1.807) is 18.2 Å². The Morgan fingerprint density at radius 2 is 2.30 bits per heavy atom. The van der Waals surface area contributed by atoms with Crippen LogP contribution >= 0.6 is 11.6 Å². The topological polar surface area (TPSA) is 77.1 Å². The first-order valence-corrected chi connectivity index (χ1v) is 6.91. The smallest absolute Gasteiger partial charge is 0.245 e. The number of phenols is 1. The monoisotopic (exact) mass is 293 g/mol. The molecule has 3 rings (SSSR count). The molecular formula is C13H16ClN5O. The number of nitrogens with one attached hydrogen (secondary N) is 2. The summed E-state index contributed by atoms with van der Waals surface area (Å²) >= 11 is 6.13. The van der Waals surface area contributed by atoms with E-state index < -0.39 is 0 Å². The van der Waals surface area contributed by atoms with Gasteiger partial charge in [0.1, 0.15) is 5.75 Å². The van der Waals surface area contributed by atoms with Crippen LogP contribution in [0.4, 0.5) is 5.95 Å². The van der Waals surface area contributed by atoms with Crippen molar-refractivity contribution in [3.05, 3.63) is 23.2 Å². The number of phenolic OH excluding ortho intramolecular Hbond substituents is 1. The number of H-pyrrole nitrogens is 1. The molecule has 0 unspecified atom stereocenters. The molecule has 0 spiro atoms. The molecular weight excluding hydrogens is 278 g/mol. The number of aromatic nitrogens is 3. The Labute approximate surface area is 121 Å². The molecule has 1 aromatic carbocycles. The standard InChI is InChI=1S/C13H16ClN5O/c1-8-7-19(5-4-15-8)13-16-12(17-18-13)10-6-9(20)2-3-11(10)14/h2-3,6,8,15,20H,4-5,7H2,1H3,(H,16,17,18)/t8-/m1/s1. The molecule has 106 valence electrons. The molecule has 0 bridgehead atoms. The summed E-state index contributed by atoms with van der Waals surface area (Å²) in [6, 6.07) is 5.17. The van der Waals surface area contributed by atoms with E-state index in [0.29, 0.717) is 28.4 Å². The van der Waals surface area contributed by atoms with Crippen LogP contribution in [-0.2, 0) is 0 Å². The predicted octanol–water partition coefficient (Wildman–Crippen LogP) is 1.63. The molecule has 7 heteroatoms. The summed E-state index contributed by atoms with van der Waals surface area (Å²) in [4.78, 5) is 6.60. The molecule has 3 N–H and O–H groups in total. The van der Waals surface area contributed by atoms with Crippen LogP contribution in [-0.4, -0.2) is 46.0 Å². The van der Waals surface area contributed by atoms with Crippen molar-refractivity contribution >= 4 is 17.5 Å². The van der Waals surface area contributed by atoms with Crippen molar-refractivity contribution in [2.24, 2.45) is 0 Å². The fourth-order valence-electron chi connectivity index (χ4n) is 2.32. The Balaban J connectivity index is 1.88. The lowest BCUT2D eigenvalue weighted by molar-refractivity contribution is 0.475. The minimum Gasteiger partial charge on any atom is -0.508 e. The first kappa shape index (κ1) is 13.2. The zero-order valence-corrected chi connectivity index (χ0v) is 11.9. The number of halogens is 1. The molecule has 0 radical (unpaired) electrons. The fourth-order valence-corrected chi connectivity index (χ4v) is 2.53. The van der Waals surface area contributed by atoms with Crippen LogP contribution in [0.1, 0.15) is 6.92 Å². The van der Waals surface area contributed by atoms with Crippen LogP contribution in [0, 0.1) is 0 Å². The van der Waals surface area contributed by atoms with Crippen molar-refractivity contribution in [3.63, 3.8) is 0 Å². The Bertz CT molecular complexity index is 615. The second-order valence-electron chi connectivity index (χ2n) is 4.95. The van der Waals surface area contributed by atoms with Crippen molar-refractivity contribution in [1.82, 2.24) is 20.5 Å². The normalized spacial score (nSPS) is 19.3. The number of hydrogen-bond acceptors (Lipinski definition) is 5. The van der Waals surface area contributed by atoms with E-state index in [1.165, 1.54) is 0 Å². The second-order valence-corrected chi connectivity index (χ2v) is 5.36. The van der Waals surface area contributed by atoms with Gasteiger partial charge in [-0.2, -0.15) is 4.98 Å². The molecule has 2 heterocycles. The number of anilines is 1. The second kappa shape index (κ2) is 5.30. The summed E-state index contributed by atoms with van der Waals surface area (Å²) in [7, 11) is 0. The Morgan fingerprint density at radius 3 is 3.10 bits per heavy atom. The Kier molecular flexibility index (Phi) is 3.50. The highest BCUT2D eigenvalue weighted by molar-refractivity contribution is 6.33. The van der Waals surface area contributed by atoms with E-state index in [0.717, 1.165) is 19.6 Å². The SMILES string of the molecule is C[C@@H]1CN(c2n[nH]c(-c3cc(O)ccc3Cl)n2)CCN1. The third-order valence-electron chi connectivity index (χ3n) is 3.33. The van der Waals surface area contributed by atoms with E-state index in [9.17, 15) is 5.11 Å². The quantitative estimate of drug-likeness (QED) is 0.784. The largest absolute Gasteiger partial charge is 0.508 e. The molecule has 2 aromatic rings. The van der Waals surface area contributed by atoms with Crippen LogP contribution in [0.2, 0.25) is 5.02 Å². The number of aromatic hydroxyl groups is 1. The van der Waals surface area contributed by atoms with E-state index in [-0.39, 0.29) is 5.75 Å². The van der Waals surface area contributed by atoms with E-state index in [4.69, 9.17) is 11.6 Å². The van der Waals surface area contributed by atoms with Gasteiger partial charge >= 0.3 is 0 Å². The molecule has 1 aromatic heterocycles. The van der Waals surface area contributed by atoms with E-state index in [2.05, 4.69) is 32.3 Å². The average molecular weight is 294 g/mol. The highest BCUT2D eigenvalue weighted by atomic mass is 35.5. The van der Waals surface area contributed by atoms with Crippen molar-refractivity contribution in [1.29, 1.82) is 0 Å². The van der Waals surface area contributed by atoms with Gasteiger partial charge in [0.05, 0.1) is 5.02 Å². The van der Waals surface area contributed by atoms with Crippen molar-refractivity contribution < 1.29 is 5.11 Å². The summed E-state index contributed by atoms with van der Waals surface area (Å²) in [5.41, 5.74) is 0.647. The summed E-state index contributed by atoms with van der Waals surface area (Å²) in [5, 5.41) is 20.6. The van der Waals surface area contributed by atoms with Gasteiger partial charge in [0.15, 0.2) is 5.82 Å². The van der Waals surface area contributed by atoms with Crippen LogP contribution in [0.3, 0.4) is 0 Å². The van der Waals surface area contributed by atoms with Crippen molar-refractivity contribution in [2.45, 2.75) is 13.0 Å². The lowest BCUT2D eigenvalue weighted by atomic mass is 10.2. The van der Waals surface area contributed by atoms with Gasteiger partial charge in [-0.1, -0.05) is 11.6 Å². The molecule has 20 heavy (non-hydrogen) atoms. The predicted molar refractivity (Wildman–Crippen MR) is 78.2 cm³/mol. The molecule has 0 aliphatic carbocycles. The first-order chi connectivity index (χ1) is 9.63. The van der Waals surface area contributed by atoms with E-state index in [1.807, 2.05) is 0 Å². The molecule has 1 aliphatic rings. The highest BCUT2D eigenvalue weighted by Gasteiger charge is 2.20. The summed E-state index contributed by atoms with van der Waals surface area (Å²) in [6.07, 6.45) is 0. The number of aromatic amines is 1. The third-order valence-corrected chi connectivity index (χ3v) is 3.66. The Hall–Kier alpha value is -1.79. The molecule has 0 amide bonds. The molecule has 1 atom stereocenters. The Morgan fingerprint density at radius 1 is 1.45 bits per heavy atom. The van der Waals surface area contributed by atoms with Gasteiger partial charge in [0, 0.05) is 31.2 Å². The number of piperazine rings is 1. The maximum absolute atomic E-state index is 9.55. The zero-order valence-electron chi connectivity index (χ0n) is 11.1. The van der Waals surface area contributed by atoms with E-state index >= 15 is 0 Å². The lowest BCUT2D eigenvalue weighted by Gasteiger charge is -2.30. The van der Waals surface area contributed by atoms with Gasteiger partial charge in [-0.05, 0) is 25.1 Å². The summed E-state index contributed by atoms with van der Waals surface area (Å²) < 4.78 is 0. The van der Waals surface area contributed by atoms with Crippen LogP contribution in [0.25, 0.3) is 11.4 Å². The first-order valence-electron chi connectivity index (χ1n) is 6.53. The zero-order chi connectivity index (χ0) is 14.1. The summed E-state index contributed by atoms with van der Waals surface area (Å²) in [5.74, 6) is 1.37. The number of nitrogens with zero attached hydrogens (tertiary/aromatic N) is 3. The number of benzene rings is 1. The van der Waals surface area contributed by atoms with Crippen LogP contribution < -0.4 is 10.2 Å². The average Bonchev–Trinajstić information content (AvgIpc) is 2.91. The van der Waals surface area contributed by atoms with Gasteiger partial charge in [-0.15, -0.1) is 5.10 Å². The van der Waals surface area contributed by atoms with Gasteiger partial charge < -0.3 is 15.3 Å². The molecule has 1 fully saturated rings. The lowest BCUT2D eigenvalue weighted by Crippen LogP contribution is -2.49. The minimum absolute atomic E-state index is 0.151. The van der Waals surface area contributed by atoms with Crippen LogP contribution in [0.15, 0.2) is 18.2 Å². The van der Waals surface area contributed by atoms with Gasteiger partial charge in [0.25, 0.3) is 0 Å². The maximum Gasteiger partial charge on any atom is 0.245 e. The molecule has 1 saturated heterocycles. The molecule has 1 aliphatic heterocycles.